The van der Waals surface area contributed by atoms with Crippen molar-refractivity contribution in [1.29, 1.82) is 0 Å². The predicted octanol–water partition coefficient (Wildman–Crippen LogP) is 4.32. The molecule has 0 N–H and O–H groups in total. The van der Waals surface area contributed by atoms with Gasteiger partial charge in [0.25, 0.3) is 0 Å². The first-order valence-corrected chi connectivity index (χ1v) is 11.2. The summed E-state index contributed by atoms with van der Waals surface area (Å²) in [7, 11) is 1.52. The number of para-hydroxylation sites is 1. The van der Waals surface area contributed by atoms with E-state index in [0.29, 0.717) is 0 Å². The molecule has 2 aliphatic heterocycles. The molecule has 0 saturated carbocycles. The van der Waals surface area contributed by atoms with E-state index in [1.54, 1.807) is 0 Å². The first-order chi connectivity index (χ1) is 15.2. The summed E-state index contributed by atoms with van der Waals surface area (Å²) in [5.41, 5.74) is 3.50. The molecule has 162 valence electrons. The van der Waals surface area contributed by atoms with Crippen molar-refractivity contribution in [2.45, 2.75) is 25.9 Å². The van der Waals surface area contributed by atoms with Crippen molar-refractivity contribution < 1.29 is 13.9 Å². The van der Waals surface area contributed by atoms with Gasteiger partial charge in [-0.1, -0.05) is 48.5 Å². The quantitative estimate of drug-likeness (QED) is 0.578. The van der Waals surface area contributed by atoms with Crippen LogP contribution in [0.2, 0.25) is 0 Å². The molecule has 2 fully saturated rings. The van der Waals surface area contributed by atoms with Gasteiger partial charge in [-0.25, -0.2) is 0 Å². The molecule has 2 aliphatic rings. The van der Waals surface area contributed by atoms with Crippen molar-refractivity contribution in [1.82, 2.24) is 9.80 Å². The van der Waals surface area contributed by atoms with E-state index in [0.717, 1.165) is 57.7 Å². The van der Waals surface area contributed by atoms with Crippen LogP contribution in [0.25, 0.3) is 11.0 Å². The highest BCUT2D eigenvalue weighted by atomic mass is 16.5. The molecule has 3 heterocycles. The number of hydrogen-bond donors (Lipinski definition) is 0. The second-order valence-electron chi connectivity index (χ2n) is 9.13. The maximum atomic E-state index is 12.7. The van der Waals surface area contributed by atoms with Gasteiger partial charge in [-0.3, -0.25) is 14.6 Å². The first kappa shape index (κ1) is 20.3. The van der Waals surface area contributed by atoms with Crippen molar-refractivity contribution >= 4 is 16.9 Å². The Morgan fingerprint density at radius 2 is 1.77 bits per heavy atom. The van der Waals surface area contributed by atoms with Crippen LogP contribution in [0.4, 0.5) is 0 Å². The van der Waals surface area contributed by atoms with Crippen LogP contribution >= 0.6 is 0 Å². The maximum absolute atomic E-state index is 12.7. The Balaban J connectivity index is 1.28. The van der Waals surface area contributed by atoms with E-state index in [-0.39, 0.29) is 17.3 Å². The van der Waals surface area contributed by atoms with Crippen LogP contribution in [-0.2, 0) is 22.6 Å². The normalized spacial score (nSPS) is 21.6. The largest absolute Gasteiger partial charge is 0.469 e. The highest BCUT2D eigenvalue weighted by Gasteiger charge is 2.51. The van der Waals surface area contributed by atoms with Gasteiger partial charge in [-0.05, 0) is 37.6 Å². The summed E-state index contributed by atoms with van der Waals surface area (Å²) in [5.74, 6) is -0.0945. The molecule has 2 aromatic carbocycles. The van der Waals surface area contributed by atoms with E-state index >= 15 is 0 Å². The Bertz CT molecular complexity index is 1040. The zero-order valence-corrected chi connectivity index (χ0v) is 18.1. The fourth-order valence-electron chi connectivity index (χ4n) is 5.56. The summed E-state index contributed by atoms with van der Waals surface area (Å²) in [4.78, 5) is 17.6. The molecule has 0 amide bonds. The minimum atomic E-state index is -0.0511. The fraction of sp³-hybridized carbons (Fsp3) is 0.423. The highest BCUT2D eigenvalue weighted by Crippen LogP contribution is 2.46. The van der Waals surface area contributed by atoms with Crippen LogP contribution < -0.4 is 0 Å². The molecule has 1 spiro atoms. The molecule has 1 aromatic heterocycles. The lowest BCUT2D eigenvalue weighted by Gasteiger charge is -2.41. The minimum Gasteiger partial charge on any atom is -0.469 e. The van der Waals surface area contributed by atoms with Crippen molar-refractivity contribution in [2.75, 3.05) is 33.3 Å². The van der Waals surface area contributed by atoms with E-state index in [2.05, 4.69) is 46.2 Å². The monoisotopic (exact) mass is 418 g/mol. The maximum Gasteiger partial charge on any atom is 0.310 e. The highest BCUT2D eigenvalue weighted by molar-refractivity contribution is 5.80. The molecule has 0 radical (unpaired) electrons. The molecule has 0 aliphatic carbocycles. The molecule has 5 heteroatoms. The number of likely N-dealkylation sites (tertiary alicyclic amines) is 2. The van der Waals surface area contributed by atoms with Crippen LogP contribution in [0.1, 0.15) is 24.0 Å². The number of furan rings is 1. The Hall–Kier alpha value is -2.63. The molecular formula is C26H30N2O3. The van der Waals surface area contributed by atoms with Gasteiger partial charge in [0.15, 0.2) is 0 Å². The van der Waals surface area contributed by atoms with E-state index < -0.39 is 0 Å². The Kier molecular flexibility index (Phi) is 5.55. The molecule has 5 rings (SSSR count). The zero-order chi connectivity index (χ0) is 21.3. The zero-order valence-electron chi connectivity index (χ0n) is 18.1. The summed E-state index contributed by atoms with van der Waals surface area (Å²) in [6.07, 6.45) is 3.94. The summed E-state index contributed by atoms with van der Waals surface area (Å²) >= 11 is 0. The van der Waals surface area contributed by atoms with E-state index in [1.165, 1.54) is 23.6 Å². The van der Waals surface area contributed by atoms with Crippen LogP contribution in [0, 0.1) is 11.3 Å². The topological polar surface area (TPSA) is 45.9 Å². The molecular weight excluding hydrogens is 388 g/mol. The number of nitrogens with zero attached hydrogens (tertiary/aromatic N) is 2. The molecule has 3 aromatic rings. The second kappa shape index (κ2) is 8.48. The lowest BCUT2D eigenvalue weighted by atomic mass is 9.70. The molecule has 0 bridgehead atoms. The van der Waals surface area contributed by atoms with Gasteiger partial charge in [-0.15, -0.1) is 0 Å². The van der Waals surface area contributed by atoms with Crippen molar-refractivity contribution in [2.24, 2.45) is 11.3 Å². The van der Waals surface area contributed by atoms with E-state index in [1.807, 2.05) is 24.5 Å². The fourth-order valence-corrected chi connectivity index (χ4v) is 5.56. The van der Waals surface area contributed by atoms with Crippen molar-refractivity contribution in [3.63, 3.8) is 0 Å². The Labute approximate surface area is 183 Å². The van der Waals surface area contributed by atoms with Crippen LogP contribution in [0.15, 0.2) is 65.3 Å². The number of benzene rings is 2. The number of methoxy groups -OCH3 is 1. The summed E-state index contributed by atoms with van der Waals surface area (Å²) in [6.45, 7) is 5.51. The van der Waals surface area contributed by atoms with E-state index in [4.69, 9.17) is 9.15 Å². The predicted molar refractivity (Wildman–Crippen MR) is 120 cm³/mol. The van der Waals surface area contributed by atoms with E-state index in [9.17, 15) is 4.79 Å². The number of rotatable bonds is 5. The third kappa shape index (κ3) is 4.00. The average Bonchev–Trinajstić information content (AvgIpc) is 3.37. The minimum absolute atomic E-state index is 0.0108. The number of piperidine rings is 1. The van der Waals surface area contributed by atoms with Crippen molar-refractivity contribution in [3.8, 4) is 0 Å². The second-order valence-corrected chi connectivity index (χ2v) is 9.13. The molecule has 2 saturated heterocycles. The number of hydrogen-bond acceptors (Lipinski definition) is 5. The Morgan fingerprint density at radius 3 is 2.55 bits per heavy atom. The average molecular weight is 419 g/mol. The number of ether oxygens (including phenoxy) is 1. The van der Waals surface area contributed by atoms with Gasteiger partial charge in [0.1, 0.15) is 5.58 Å². The smallest absolute Gasteiger partial charge is 0.310 e. The summed E-state index contributed by atoms with van der Waals surface area (Å²) < 4.78 is 11.0. The SMILES string of the molecule is COC(=O)C1CN(Cc2ccccc2)CC12CCN(Cc1coc3ccccc13)CC2. The van der Waals surface area contributed by atoms with Gasteiger partial charge in [0.05, 0.1) is 19.3 Å². The van der Waals surface area contributed by atoms with Crippen LogP contribution in [-0.4, -0.2) is 49.1 Å². The third-order valence-corrected chi connectivity index (χ3v) is 7.26. The third-order valence-electron chi connectivity index (χ3n) is 7.26. The van der Waals surface area contributed by atoms with Gasteiger partial charge >= 0.3 is 5.97 Å². The Morgan fingerprint density at radius 1 is 1.03 bits per heavy atom. The molecule has 31 heavy (non-hydrogen) atoms. The van der Waals surface area contributed by atoms with Gasteiger partial charge in [0.2, 0.25) is 0 Å². The van der Waals surface area contributed by atoms with Gasteiger partial charge in [0, 0.05) is 42.5 Å². The molecule has 1 unspecified atom stereocenters. The van der Waals surface area contributed by atoms with Crippen LogP contribution in [0.5, 0.6) is 0 Å². The van der Waals surface area contributed by atoms with Crippen LogP contribution in [0.3, 0.4) is 0 Å². The number of esters is 1. The van der Waals surface area contributed by atoms with Gasteiger partial charge in [-0.2, -0.15) is 0 Å². The standard InChI is InChI=1S/C26H30N2O3/c1-30-25(29)23-17-28(15-20-7-3-2-4-8-20)19-26(23)11-13-27(14-12-26)16-21-18-31-24-10-6-5-9-22(21)24/h2-10,18,23H,11-17,19H2,1H3. The lowest BCUT2D eigenvalue weighted by molar-refractivity contribution is -0.149. The van der Waals surface area contributed by atoms with Gasteiger partial charge < -0.3 is 9.15 Å². The lowest BCUT2D eigenvalue weighted by Crippen LogP contribution is -2.46. The number of carbonyl (C=O) groups excluding carboxylic acids is 1. The number of carbonyl (C=O) groups is 1. The summed E-state index contributed by atoms with van der Waals surface area (Å²) in [5, 5.41) is 1.20. The first-order valence-electron chi connectivity index (χ1n) is 11.2. The number of fused-ring (bicyclic) bond motifs is 1. The summed E-state index contributed by atoms with van der Waals surface area (Å²) in [6, 6.07) is 18.8. The molecule has 1 atom stereocenters. The van der Waals surface area contributed by atoms with Crippen molar-refractivity contribution in [3.05, 3.63) is 72.0 Å². The molecule has 5 nitrogen and oxygen atoms in total.